The van der Waals surface area contributed by atoms with Crippen molar-refractivity contribution in [2.45, 2.75) is 46.8 Å². The number of nitrogens with zero attached hydrogens (tertiary/aromatic N) is 1. The first-order chi connectivity index (χ1) is 8.63. The molecular formula is C15H22N2S. The lowest BCUT2D eigenvalue weighted by Crippen LogP contribution is -2.17. The minimum absolute atomic E-state index is 0.426. The molecule has 0 saturated heterocycles. The molecule has 0 unspecified atom stereocenters. The summed E-state index contributed by atoms with van der Waals surface area (Å²) in [5, 5.41) is 5.74. The Balaban J connectivity index is 2.02. The van der Waals surface area contributed by atoms with Crippen LogP contribution in [-0.2, 0) is 13.1 Å². The highest BCUT2D eigenvalue weighted by atomic mass is 32.1. The fourth-order valence-corrected chi connectivity index (χ4v) is 3.20. The molecule has 2 nitrogen and oxygen atoms in total. The van der Waals surface area contributed by atoms with E-state index in [0.717, 1.165) is 13.1 Å². The number of hydrogen-bond acceptors (Lipinski definition) is 2. The zero-order chi connectivity index (χ0) is 13.1. The van der Waals surface area contributed by atoms with Crippen molar-refractivity contribution >= 4 is 11.3 Å². The first kappa shape index (κ1) is 13.4. The van der Waals surface area contributed by atoms with Crippen molar-refractivity contribution in [3.05, 3.63) is 45.4 Å². The van der Waals surface area contributed by atoms with Crippen LogP contribution in [0.2, 0.25) is 0 Å². The lowest BCUT2D eigenvalue weighted by atomic mass is 10.2. The Bertz CT molecular complexity index is 497. The molecule has 0 aromatic carbocycles. The molecule has 1 atom stereocenters. The van der Waals surface area contributed by atoms with Crippen LogP contribution in [0, 0.1) is 13.8 Å². The zero-order valence-electron chi connectivity index (χ0n) is 11.7. The third kappa shape index (κ3) is 2.68. The third-order valence-corrected chi connectivity index (χ3v) is 4.62. The zero-order valence-corrected chi connectivity index (χ0v) is 12.5. The Morgan fingerprint density at radius 2 is 2.17 bits per heavy atom. The van der Waals surface area contributed by atoms with Crippen LogP contribution in [0.5, 0.6) is 0 Å². The van der Waals surface area contributed by atoms with Gasteiger partial charge in [0.25, 0.3) is 0 Å². The van der Waals surface area contributed by atoms with Gasteiger partial charge in [0.15, 0.2) is 0 Å². The van der Waals surface area contributed by atoms with Crippen LogP contribution in [0.3, 0.4) is 0 Å². The first-order valence-electron chi connectivity index (χ1n) is 6.55. The number of nitrogens with one attached hydrogen (secondary N) is 1. The van der Waals surface area contributed by atoms with E-state index in [-0.39, 0.29) is 0 Å². The Morgan fingerprint density at radius 1 is 1.39 bits per heavy atom. The minimum Gasteiger partial charge on any atom is -0.349 e. The van der Waals surface area contributed by atoms with Crippen molar-refractivity contribution in [2.75, 3.05) is 0 Å². The van der Waals surface area contributed by atoms with Gasteiger partial charge in [0, 0.05) is 35.4 Å². The summed E-state index contributed by atoms with van der Waals surface area (Å²) in [5.74, 6) is 0. The Hall–Kier alpha value is -1.06. The lowest BCUT2D eigenvalue weighted by Gasteiger charge is -2.12. The second-order valence-corrected chi connectivity index (χ2v) is 5.74. The molecule has 1 N–H and O–H groups in total. The van der Waals surface area contributed by atoms with E-state index in [9.17, 15) is 0 Å². The van der Waals surface area contributed by atoms with E-state index in [2.05, 4.69) is 61.2 Å². The molecule has 0 aliphatic carbocycles. The second-order valence-electron chi connectivity index (χ2n) is 4.76. The summed E-state index contributed by atoms with van der Waals surface area (Å²) in [6.07, 6.45) is 0. The van der Waals surface area contributed by atoms with Gasteiger partial charge in [-0.1, -0.05) is 6.07 Å². The molecule has 0 amide bonds. The van der Waals surface area contributed by atoms with Crippen molar-refractivity contribution in [3.63, 3.8) is 0 Å². The molecular weight excluding hydrogens is 240 g/mol. The quantitative estimate of drug-likeness (QED) is 0.860. The number of aromatic nitrogens is 1. The maximum atomic E-state index is 3.60. The maximum absolute atomic E-state index is 3.60. The van der Waals surface area contributed by atoms with Gasteiger partial charge in [0.2, 0.25) is 0 Å². The van der Waals surface area contributed by atoms with Gasteiger partial charge < -0.3 is 9.88 Å². The molecule has 0 radical (unpaired) electrons. The number of thiophene rings is 1. The van der Waals surface area contributed by atoms with Crippen LogP contribution in [-0.4, -0.2) is 4.57 Å². The highest BCUT2D eigenvalue weighted by Gasteiger charge is 2.10. The third-order valence-electron chi connectivity index (χ3n) is 3.56. The number of rotatable bonds is 5. The summed E-state index contributed by atoms with van der Waals surface area (Å²) >= 11 is 1.82. The van der Waals surface area contributed by atoms with Crippen molar-refractivity contribution in [2.24, 2.45) is 0 Å². The van der Waals surface area contributed by atoms with Crippen molar-refractivity contribution in [1.82, 2.24) is 9.88 Å². The number of aryl methyl sites for hydroxylation is 1. The largest absolute Gasteiger partial charge is 0.349 e. The van der Waals surface area contributed by atoms with E-state index < -0.39 is 0 Å². The summed E-state index contributed by atoms with van der Waals surface area (Å²) in [7, 11) is 0. The molecule has 0 fully saturated rings. The van der Waals surface area contributed by atoms with Crippen LogP contribution in [0.1, 0.15) is 41.7 Å². The van der Waals surface area contributed by atoms with Gasteiger partial charge in [0.1, 0.15) is 0 Å². The van der Waals surface area contributed by atoms with Crippen LogP contribution in [0.15, 0.2) is 23.6 Å². The van der Waals surface area contributed by atoms with Gasteiger partial charge in [-0.2, -0.15) is 0 Å². The predicted molar refractivity (Wildman–Crippen MR) is 79.2 cm³/mol. The fraction of sp³-hybridized carbons (Fsp3) is 0.467. The Morgan fingerprint density at radius 3 is 2.72 bits per heavy atom. The Kier molecular flexibility index (Phi) is 4.25. The average molecular weight is 262 g/mol. The fourth-order valence-electron chi connectivity index (χ4n) is 2.44. The SMILES string of the molecule is CCn1c(C)cc(CN[C@@H](C)c2cccs2)c1C. The minimum atomic E-state index is 0.426. The van der Waals surface area contributed by atoms with Gasteiger partial charge in [-0.3, -0.25) is 0 Å². The van der Waals surface area contributed by atoms with E-state index in [4.69, 9.17) is 0 Å². The van der Waals surface area contributed by atoms with Crippen LogP contribution in [0.25, 0.3) is 0 Å². The van der Waals surface area contributed by atoms with Crippen LogP contribution >= 0.6 is 11.3 Å². The molecule has 18 heavy (non-hydrogen) atoms. The summed E-state index contributed by atoms with van der Waals surface area (Å²) < 4.78 is 2.37. The lowest BCUT2D eigenvalue weighted by molar-refractivity contribution is 0.579. The van der Waals surface area contributed by atoms with Crippen LogP contribution in [0.4, 0.5) is 0 Å². The maximum Gasteiger partial charge on any atom is 0.0388 e. The summed E-state index contributed by atoms with van der Waals surface area (Å²) in [6.45, 7) is 10.8. The molecule has 0 aliphatic heterocycles. The molecule has 0 bridgehead atoms. The molecule has 0 spiro atoms. The van der Waals surface area contributed by atoms with Gasteiger partial charge >= 0.3 is 0 Å². The van der Waals surface area contributed by atoms with Crippen molar-refractivity contribution < 1.29 is 0 Å². The molecule has 0 aliphatic rings. The smallest absolute Gasteiger partial charge is 0.0388 e. The van der Waals surface area contributed by atoms with E-state index >= 15 is 0 Å². The average Bonchev–Trinajstić information content (AvgIpc) is 2.95. The van der Waals surface area contributed by atoms with E-state index in [1.54, 1.807) is 0 Å². The van der Waals surface area contributed by atoms with Gasteiger partial charge in [-0.05, 0) is 50.8 Å². The van der Waals surface area contributed by atoms with Crippen molar-refractivity contribution in [3.8, 4) is 0 Å². The molecule has 0 saturated carbocycles. The van der Waals surface area contributed by atoms with Crippen molar-refractivity contribution in [1.29, 1.82) is 0 Å². The molecule has 98 valence electrons. The molecule has 2 aromatic heterocycles. The van der Waals surface area contributed by atoms with E-state index in [1.165, 1.54) is 21.8 Å². The molecule has 3 heteroatoms. The molecule has 2 rings (SSSR count). The van der Waals surface area contributed by atoms with E-state index in [1.807, 2.05) is 11.3 Å². The highest BCUT2D eigenvalue weighted by molar-refractivity contribution is 7.10. The van der Waals surface area contributed by atoms with Gasteiger partial charge in [0.05, 0.1) is 0 Å². The summed E-state index contributed by atoms with van der Waals surface area (Å²) in [5.41, 5.74) is 4.16. The summed E-state index contributed by atoms with van der Waals surface area (Å²) in [4.78, 5) is 1.40. The van der Waals surface area contributed by atoms with Gasteiger partial charge in [-0.15, -0.1) is 11.3 Å². The predicted octanol–water partition coefficient (Wildman–Crippen LogP) is 4.04. The molecule has 2 heterocycles. The number of hydrogen-bond donors (Lipinski definition) is 1. The second kappa shape index (κ2) is 5.72. The molecule has 2 aromatic rings. The van der Waals surface area contributed by atoms with E-state index in [0.29, 0.717) is 6.04 Å². The van der Waals surface area contributed by atoms with Gasteiger partial charge in [-0.25, -0.2) is 0 Å². The van der Waals surface area contributed by atoms with Crippen LogP contribution < -0.4 is 5.32 Å². The first-order valence-corrected chi connectivity index (χ1v) is 7.43. The highest BCUT2D eigenvalue weighted by Crippen LogP contribution is 2.20. The standard InChI is InChI=1S/C15H22N2S/c1-5-17-11(2)9-14(13(17)4)10-16-12(3)15-7-6-8-18-15/h6-9,12,16H,5,10H2,1-4H3/t12-/m0/s1. The normalized spacial score (nSPS) is 12.9. The topological polar surface area (TPSA) is 17.0 Å². The monoisotopic (exact) mass is 262 g/mol. The summed E-state index contributed by atoms with van der Waals surface area (Å²) in [6, 6.07) is 7.03. The Labute approximate surface area is 114 Å².